The Morgan fingerprint density at radius 1 is 0.923 bits per heavy atom. The Balaban J connectivity index is 1.47. The minimum Gasteiger partial charge on any atom is -0.378 e. The van der Waals surface area contributed by atoms with Crippen molar-refractivity contribution in [1.29, 1.82) is 0 Å². The Hall–Kier alpha value is -1.34. The van der Waals surface area contributed by atoms with E-state index in [2.05, 4.69) is 4.90 Å². The van der Waals surface area contributed by atoms with Crippen molar-refractivity contribution in [3.8, 4) is 0 Å². The zero-order valence-corrected chi connectivity index (χ0v) is 16.4. The van der Waals surface area contributed by atoms with E-state index in [1.165, 1.54) is 19.3 Å². The van der Waals surface area contributed by atoms with Crippen LogP contribution in [0.1, 0.15) is 39.0 Å². The van der Waals surface area contributed by atoms with Crippen molar-refractivity contribution < 1.29 is 14.3 Å². The molecule has 0 aromatic rings. The number of morpholine rings is 1. The molecule has 3 fully saturated rings. The van der Waals surface area contributed by atoms with Crippen molar-refractivity contribution in [3.63, 3.8) is 0 Å². The summed E-state index contributed by atoms with van der Waals surface area (Å²) in [7, 11) is 1.97. The second-order valence-electron chi connectivity index (χ2n) is 7.82. The molecular weight excluding hydrogens is 332 g/mol. The average molecular weight is 367 g/mol. The molecule has 3 rings (SSSR count). The first-order valence-electron chi connectivity index (χ1n) is 10.2. The van der Waals surface area contributed by atoms with E-state index in [0.717, 1.165) is 25.9 Å². The molecule has 0 aromatic carbocycles. The maximum Gasteiger partial charge on any atom is 0.320 e. The molecule has 148 valence electrons. The summed E-state index contributed by atoms with van der Waals surface area (Å²) in [5, 5.41) is 0. The lowest BCUT2D eigenvalue weighted by Crippen LogP contribution is -2.58. The number of nitrogens with zero attached hydrogens (tertiary/aromatic N) is 4. The van der Waals surface area contributed by atoms with Crippen LogP contribution >= 0.6 is 0 Å². The predicted octanol–water partition coefficient (Wildman–Crippen LogP) is 1.24. The first-order valence-corrected chi connectivity index (χ1v) is 10.2. The van der Waals surface area contributed by atoms with Crippen LogP contribution in [-0.2, 0) is 9.53 Å². The quantitative estimate of drug-likeness (QED) is 0.754. The van der Waals surface area contributed by atoms with Crippen LogP contribution in [0.25, 0.3) is 0 Å². The summed E-state index contributed by atoms with van der Waals surface area (Å²) in [6.45, 7) is 7.56. The Labute approximate surface area is 157 Å². The van der Waals surface area contributed by atoms with Gasteiger partial charge in [0, 0.05) is 52.4 Å². The monoisotopic (exact) mass is 366 g/mol. The van der Waals surface area contributed by atoms with E-state index in [9.17, 15) is 9.59 Å². The van der Waals surface area contributed by atoms with Gasteiger partial charge in [-0.1, -0.05) is 19.3 Å². The van der Waals surface area contributed by atoms with E-state index in [1.807, 2.05) is 28.7 Å². The van der Waals surface area contributed by atoms with E-state index in [0.29, 0.717) is 45.4 Å². The SMILES string of the molecule is CC(C(=O)N(C)C1CCCCC1)N1CCN(C(=O)N2CCOCC2)CC1. The lowest BCUT2D eigenvalue weighted by Gasteiger charge is -2.41. The van der Waals surface area contributed by atoms with Gasteiger partial charge in [0.25, 0.3) is 0 Å². The van der Waals surface area contributed by atoms with Gasteiger partial charge in [0.05, 0.1) is 19.3 Å². The third-order valence-electron chi connectivity index (χ3n) is 6.24. The van der Waals surface area contributed by atoms with Crippen LogP contribution in [0.5, 0.6) is 0 Å². The van der Waals surface area contributed by atoms with Crippen LogP contribution in [0, 0.1) is 0 Å². The first-order chi connectivity index (χ1) is 12.6. The third-order valence-corrected chi connectivity index (χ3v) is 6.24. The summed E-state index contributed by atoms with van der Waals surface area (Å²) < 4.78 is 5.32. The summed E-state index contributed by atoms with van der Waals surface area (Å²) in [5.74, 6) is 0.227. The molecule has 3 amide bonds. The lowest BCUT2D eigenvalue weighted by atomic mass is 9.94. The minimum absolute atomic E-state index is 0.109. The Morgan fingerprint density at radius 3 is 2.12 bits per heavy atom. The van der Waals surface area contributed by atoms with Crippen molar-refractivity contribution in [1.82, 2.24) is 19.6 Å². The molecule has 1 saturated carbocycles. The number of piperazine rings is 1. The van der Waals surface area contributed by atoms with Crippen molar-refractivity contribution in [2.24, 2.45) is 0 Å². The largest absolute Gasteiger partial charge is 0.378 e. The highest BCUT2D eigenvalue weighted by Crippen LogP contribution is 2.23. The molecule has 1 unspecified atom stereocenters. The number of amides is 3. The van der Waals surface area contributed by atoms with Crippen LogP contribution in [-0.4, -0.2) is 103 Å². The smallest absolute Gasteiger partial charge is 0.320 e. The second-order valence-corrected chi connectivity index (χ2v) is 7.82. The van der Waals surface area contributed by atoms with E-state index in [-0.39, 0.29) is 18.0 Å². The maximum atomic E-state index is 12.9. The van der Waals surface area contributed by atoms with E-state index >= 15 is 0 Å². The topological polar surface area (TPSA) is 56.3 Å². The number of rotatable bonds is 3. The number of carbonyl (C=O) groups is 2. The van der Waals surface area contributed by atoms with Crippen molar-refractivity contribution in [3.05, 3.63) is 0 Å². The molecule has 7 heteroatoms. The number of urea groups is 1. The van der Waals surface area contributed by atoms with Crippen LogP contribution in [0.2, 0.25) is 0 Å². The van der Waals surface area contributed by atoms with Crippen LogP contribution < -0.4 is 0 Å². The van der Waals surface area contributed by atoms with Crippen LogP contribution in [0.4, 0.5) is 4.79 Å². The maximum absolute atomic E-state index is 12.9. The zero-order valence-electron chi connectivity index (χ0n) is 16.4. The third kappa shape index (κ3) is 4.49. The molecule has 1 aliphatic carbocycles. The van der Waals surface area contributed by atoms with E-state index in [4.69, 9.17) is 4.74 Å². The highest BCUT2D eigenvalue weighted by atomic mass is 16.5. The molecule has 0 bridgehead atoms. The summed E-state index contributed by atoms with van der Waals surface area (Å²) in [6, 6.07) is 0.414. The molecule has 2 heterocycles. The predicted molar refractivity (Wildman–Crippen MR) is 100 cm³/mol. The van der Waals surface area contributed by atoms with Gasteiger partial charge in [-0.3, -0.25) is 9.69 Å². The highest BCUT2D eigenvalue weighted by molar-refractivity contribution is 5.81. The summed E-state index contributed by atoms with van der Waals surface area (Å²) in [4.78, 5) is 33.5. The molecular formula is C19H34N4O3. The summed E-state index contributed by atoms with van der Waals surface area (Å²) >= 11 is 0. The molecule has 2 aliphatic heterocycles. The van der Waals surface area contributed by atoms with Crippen molar-refractivity contribution in [2.75, 3.05) is 59.5 Å². The number of hydrogen-bond acceptors (Lipinski definition) is 4. The summed E-state index contributed by atoms with van der Waals surface area (Å²) in [5.41, 5.74) is 0. The molecule has 3 aliphatic rings. The molecule has 2 saturated heterocycles. The Kier molecular flexibility index (Phi) is 6.75. The van der Waals surface area contributed by atoms with Gasteiger partial charge in [-0.05, 0) is 19.8 Å². The van der Waals surface area contributed by atoms with Gasteiger partial charge in [0.2, 0.25) is 5.91 Å². The van der Waals surface area contributed by atoms with Gasteiger partial charge in [0.1, 0.15) is 0 Å². The average Bonchev–Trinajstić information content (AvgIpc) is 2.73. The van der Waals surface area contributed by atoms with Gasteiger partial charge < -0.3 is 19.4 Å². The number of hydrogen-bond donors (Lipinski definition) is 0. The van der Waals surface area contributed by atoms with Gasteiger partial charge in [-0.25, -0.2) is 4.79 Å². The fourth-order valence-corrected chi connectivity index (χ4v) is 4.35. The standard InChI is InChI=1S/C19H34N4O3/c1-16(18(24)20(2)17-6-4-3-5-7-17)21-8-10-22(11-9-21)19(25)23-12-14-26-15-13-23/h16-17H,3-15H2,1-2H3. The Bertz CT molecular complexity index is 481. The molecule has 26 heavy (non-hydrogen) atoms. The van der Waals surface area contributed by atoms with Gasteiger partial charge in [-0.2, -0.15) is 0 Å². The number of ether oxygens (including phenoxy) is 1. The minimum atomic E-state index is -0.109. The molecule has 0 radical (unpaired) electrons. The summed E-state index contributed by atoms with van der Waals surface area (Å²) in [6.07, 6.45) is 6.04. The van der Waals surface area contributed by atoms with Gasteiger partial charge in [0.15, 0.2) is 0 Å². The second kappa shape index (κ2) is 9.04. The van der Waals surface area contributed by atoms with Crippen LogP contribution in [0.15, 0.2) is 0 Å². The van der Waals surface area contributed by atoms with Crippen molar-refractivity contribution >= 4 is 11.9 Å². The molecule has 0 spiro atoms. The normalized spacial score (nSPS) is 24.4. The van der Waals surface area contributed by atoms with Crippen molar-refractivity contribution in [2.45, 2.75) is 51.1 Å². The molecule has 0 N–H and O–H groups in total. The van der Waals surface area contributed by atoms with E-state index < -0.39 is 0 Å². The highest BCUT2D eigenvalue weighted by Gasteiger charge is 2.32. The lowest BCUT2D eigenvalue weighted by molar-refractivity contribution is -0.138. The van der Waals surface area contributed by atoms with Gasteiger partial charge in [-0.15, -0.1) is 0 Å². The molecule has 7 nitrogen and oxygen atoms in total. The fourth-order valence-electron chi connectivity index (χ4n) is 4.35. The fraction of sp³-hybridized carbons (Fsp3) is 0.895. The zero-order chi connectivity index (χ0) is 18.5. The molecule has 1 atom stereocenters. The van der Waals surface area contributed by atoms with Crippen LogP contribution in [0.3, 0.4) is 0 Å². The number of likely N-dealkylation sites (N-methyl/N-ethyl adjacent to an activating group) is 1. The Morgan fingerprint density at radius 2 is 1.50 bits per heavy atom. The van der Waals surface area contributed by atoms with E-state index in [1.54, 1.807) is 0 Å². The first kappa shape index (κ1) is 19.4. The molecule has 0 aromatic heterocycles. The number of carbonyl (C=O) groups excluding carboxylic acids is 2. The van der Waals surface area contributed by atoms with Gasteiger partial charge >= 0.3 is 6.03 Å².